The second-order valence-electron chi connectivity index (χ2n) is 3.14. The number of hydrogen-bond acceptors (Lipinski definition) is 3. The Labute approximate surface area is 61.3 Å². The zero-order chi connectivity index (χ0) is 7.03. The standard InChI is InChI=1S/C7H14N2O/c1-9-4-5-10-7(9)2-3-8-6-7/h8H,2-6H2,1H3. The molecule has 0 radical (unpaired) electrons. The van der Waals surface area contributed by atoms with Crippen molar-refractivity contribution in [2.75, 3.05) is 33.3 Å². The van der Waals surface area contributed by atoms with Crippen LogP contribution in [0.3, 0.4) is 0 Å². The second kappa shape index (κ2) is 2.19. The summed E-state index contributed by atoms with van der Waals surface area (Å²) >= 11 is 0. The van der Waals surface area contributed by atoms with Gasteiger partial charge in [-0.2, -0.15) is 0 Å². The molecule has 1 N–H and O–H groups in total. The molecule has 0 amide bonds. The number of hydrogen-bond donors (Lipinski definition) is 1. The smallest absolute Gasteiger partial charge is 0.135 e. The monoisotopic (exact) mass is 142 g/mol. The number of rotatable bonds is 0. The van der Waals surface area contributed by atoms with Crippen molar-refractivity contribution in [2.45, 2.75) is 12.1 Å². The Balaban J connectivity index is 2.11. The highest BCUT2D eigenvalue weighted by atomic mass is 16.5. The van der Waals surface area contributed by atoms with E-state index in [2.05, 4.69) is 17.3 Å². The van der Waals surface area contributed by atoms with Crippen LogP contribution in [0.5, 0.6) is 0 Å². The van der Waals surface area contributed by atoms with Gasteiger partial charge >= 0.3 is 0 Å². The van der Waals surface area contributed by atoms with Crippen LogP contribution in [0.25, 0.3) is 0 Å². The summed E-state index contributed by atoms with van der Waals surface area (Å²) in [4.78, 5) is 2.31. The molecule has 2 aliphatic heterocycles. The molecule has 0 saturated carbocycles. The predicted molar refractivity (Wildman–Crippen MR) is 38.8 cm³/mol. The van der Waals surface area contributed by atoms with Crippen LogP contribution in [0, 0.1) is 0 Å². The van der Waals surface area contributed by atoms with Crippen molar-refractivity contribution in [3.63, 3.8) is 0 Å². The highest BCUT2D eigenvalue weighted by Gasteiger charge is 2.42. The molecular weight excluding hydrogens is 128 g/mol. The molecule has 2 aliphatic rings. The molecule has 2 rings (SSSR count). The summed E-state index contributed by atoms with van der Waals surface area (Å²) in [7, 11) is 2.14. The van der Waals surface area contributed by atoms with Crippen molar-refractivity contribution in [1.29, 1.82) is 0 Å². The van der Waals surface area contributed by atoms with Gasteiger partial charge in [0.1, 0.15) is 5.72 Å². The van der Waals surface area contributed by atoms with Crippen LogP contribution in [0.4, 0.5) is 0 Å². The highest BCUT2D eigenvalue weighted by Crippen LogP contribution is 2.27. The van der Waals surface area contributed by atoms with Gasteiger partial charge in [-0.05, 0) is 13.6 Å². The fourth-order valence-corrected chi connectivity index (χ4v) is 1.79. The van der Waals surface area contributed by atoms with Crippen molar-refractivity contribution in [3.05, 3.63) is 0 Å². The maximum absolute atomic E-state index is 5.68. The largest absolute Gasteiger partial charge is 0.358 e. The Morgan fingerprint density at radius 1 is 1.60 bits per heavy atom. The van der Waals surface area contributed by atoms with Gasteiger partial charge in [0.2, 0.25) is 0 Å². The maximum atomic E-state index is 5.68. The van der Waals surface area contributed by atoms with Crippen molar-refractivity contribution in [3.8, 4) is 0 Å². The Bertz CT molecular complexity index is 126. The Morgan fingerprint density at radius 3 is 3.00 bits per heavy atom. The van der Waals surface area contributed by atoms with Crippen LogP contribution in [0.2, 0.25) is 0 Å². The molecular formula is C7H14N2O. The quantitative estimate of drug-likeness (QED) is 0.500. The van der Waals surface area contributed by atoms with Gasteiger partial charge < -0.3 is 10.1 Å². The van der Waals surface area contributed by atoms with Crippen molar-refractivity contribution in [1.82, 2.24) is 10.2 Å². The van der Waals surface area contributed by atoms with E-state index in [1.54, 1.807) is 0 Å². The van der Waals surface area contributed by atoms with E-state index in [0.717, 1.165) is 32.7 Å². The molecule has 0 bridgehead atoms. The lowest BCUT2D eigenvalue weighted by atomic mass is 10.2. The molecule has 10 heavy (non-hydrogen) atoms. The Kier molecular flexibility index (Phi) is 1.44. The zero-order valence-corrected chi connectivity index (χ0v) is 6.39. The van der Waals surface area contributed by atoms with E-state index in [4.69, 9.17) is 4.74 Å². The van der Waals surface area contributed by atoms with Crippen LogP contribution >= 0.6 is 0 Å². The lowest BCUT2D eigenvalue weighted by Gasteiger charge is -2.28. The van der Waals surface area contributed by atoms with E-state index in [1.165, 1.54) is 0 Å². The van der Waals surface area contributed by atoms with Crippen molar-refractivity contribution < 1.29 is 4.74 Å². The van der Waals surface area contributed by atoms with E-state index >= 15 is 0 Å². The summed E-state index contributed by atoms with van der Waals surface area (Å²) in [5.74, 6) is 0. The molecule has 1 unspecified atom stereocenters. The zero-order valence-electron chi connectivity index (χ0n) is 6.39. The SMILES string of the molecule is CN1CCOC12CCNC2. The van der Waals surface area contributed by atoms with Crippen molar-refractivity contribution >= 4 is 0 Å². The van der Waals surface area contributed by atoms with Gasteiger partial charge in [-0.3, -0.25) is 4.90 Å². The van der Waals surface area contributed by atoms with Gasteiger partial charge in [-0.15, -0.1) is 0 Å². The van der Waals surface area contributed by atoms with E-state index in [9.17, 15) is 0 Å². The van der Waals surface area contributed by atoms with Crippen LogP contribution in [0.15, 0.2) is 0 Å². The average molecular weight is 142 g/mol. The number of nitrogens with zero attached hydrogens (tertiary/aromatic N) is 1. The van der Waals surface area contributed by atoms with Crippen LogP contribution < -0.4 is 5.32 Å². The molecule has 2 saturated heterocycles. The first-order valence-electron chi connectivity index (χ1n) is 3.89. The number of ether oxygens (including phenoxy) is 1. The second-order valence-corrected chi connectivity index (χ2v) is 3.14. The first kappa shape index (κ1) is 6.58. The summed E-state index contributed by atoms with van der Waals surface area (Å²) in [6.07, 6.45) is 1.14. The van der Waals surface area contributed by atoms with Gasteiger partial charge in [-0.1, -0.05) is 0 Å². The summed E-state index contributed by atoms with van der Waals surface area (Å²) in [5.41, 5.74) is 0.0694. The molecule has 0 aromatic carbocycles. The summed E-state index contributed by atoms with van der Waals surface area (Å²) in [6, 6.07) is 0. The molecule has 1 spiro atoms. The van der Waals surface area contributed by atoms with Crippen molar-refractivity contribution in [2.24, 2.45) is 0 Å². The molecule has 0 aromatic heterocycles. The third-order valence-corrected chi connectivity index (χ3v) is 2.59. The average Bonchev–Trinajstić information content (AvgIpc) is 2.48. The molecule has 58 valence electrons. The number of likely N-dealkylation sites (N-methyl/N-ethyl adjacent to an activating group) is 1. The molecule has 1 atom stereocenters. The third kappa shape index (κ3) is 0.779. The van der Waals surface area contributed by atoms with Gasteiger partial charge in [0.25, 0.3) is 0 Å². The van der Waals surface area contributed by atoms with E-state index in [1.807, 2.05) is 0 Å². The first-order chi connectivity index (χ1) is 4.83. The summed E-state index contributed by atoms with van der Waals surface area (Å²) < 4.78 is 5.68. The number of nitrogens with one attached hydrogen (secondary N) is 1. The minimum absolute atomic E-state index is 0.0694. The highest BCUT2D eigenvalue weighted by molar-refractivity contribution is 4.91. The normalized spacial score (nSPS) is 41.7. The van der Waals surface area contributed by atoms with Crippen LogP contribution in [0.1, 0.15) is 6.42 Å². The minimum atomic E-state index is 0.0694. The van der Waals surface area contributed by atoms with Gasteiger partial charge in [0.15, 0.2) is 0 Å². The van der Waals surface area contributed by atoms with Gasteiger partial charge in [0.05, 0.1) is 6.61 Å². The van der Waals surface area contributed by atoms with E-state index in [0.29, 0.717) is 0 Å². The molecule has 0 aliphatic carbocycles. The molecule has 2 heterocycles. The Morgan fingerprint density at radius 2 is 2.50 bits per heavy atom. The first-order valence-corrected chi connectivity index (χ1v) is 3.89. The lowest BCUT2D eigenvalue weighted by molar-refractivity contribution is -0.0537. The lowest BCUT2D eigenvalue weighted by Crippen LogP contribution is -2.44. The molecule has 2 fully saturated rings. The minimum Gasteiger partial charge on any atom is -0.358 e. The fraction of sp³-hybridized carbons (Fsp3) is 1.00. The maximum Gasteiger partial charge on any atom is 0.135 e. The fourth-order valence-electron chi connectivity index (χ4n) is 1.79. The molecule has 3 nitrogen and oxygen atoms in total. The summed E-state index contributed by atoms with van der Waals surface area (Å²) in [5, 5.41) is 3.32. The topological polar surface area (TPSA) is 24.5 Å². The van der Waals surface area contributed by atoms with Crippen LogP contribution in [-0.2, 0) is 4.74 Å². The predicted octanol–water partition coefficient (Wildman–Crippen LogP) is -0.362. The van der Waals surface area contributed by atoms with Gasteiger partial charge in [-0.25, -0.2) is 0 Å². The summed E-state index contributed by atoms with van der Waals surface area (Å²) in [6.45, 7) is 4.09. The molecule has 3 heteroatoms. The van der Waals surface area contributed by atoms with Crippen LogP contribution in [-0.4, -0.2) is 43.9 Å². The third-order valence-electron chi connectivity index (χ3n) is 2.59. The van der Waals surface area contributed by atoms with Gasteiger partial charge in [0, 0.05) is 19.5 Å². The Hall–Kier alpha value is -0.120. The molecule has 0 aromatic rings. The van der Waals surface area contributed by atoms with E-state index < -0.39 is 0 Å². The van der Waals surface area contributed by atoms with E-state index in [-0.39, 0.29) is 5.72 Å².